The maximum Gasteiger partial charge on any atom is 0.272 e. The number of piperazine rings is 1. The van der Waals surface area contributed by atoms with Crippen molar-refractivity contribution in [2.45, 2.75) is 20.8 Å². The van der Waals surface area contributed by atoms with E-state index in [0.717, 1.165) is 60.9 Å². The molecular formula is C23H29N5O. The van der Waals surface area contributed by atoms with E-state index in [1.807, 2.05) is 45.6 Å². The van der Waals surface area contributed by atoms with Crippen LogP contribution in [0.1, 0.15) is 28.5 Å². The van der Waals surface area contributed by atoms with Crippen LogP contribution in [0.2, 0.25) is 0 Å². The Kier molecular flexibility index (Phi) is 5.28. The summed E-state index contributed by atoms with van der Waals surface area (Å²) in [7, 11) is 2.00. The number of benzene rings is 1. The Labute approximate surface area is 172 Å². The first-order chi connectivity index (χ1) is 14.0. The van der Waals surface area contributed by atoms with Crippen LogP contribution in [0, 0.1) is 13.8 Å². The first-order valence-corrected chi connectivity index (χ1v) is 10.3. The van der Waals surface area contributed by atoms with E-state index in [-0.39, 0.29) is 5.91 Å². The Morgan fingerprint density at radius 3 is 2.48 bits per heavy atom. The van der Waals surface area contributed by atoms with Crippen LogP contribution in [0.3, 0.4) is 0 Å². The summed E-state index contributed by atoms with van der Waals surface area (Å²) in [6, 6.07) is 12.2. The fourth-order valence-electron chi connectivity index (χ4n) is 3.95. The van der Waals surface area contributed by atoms with Crippen LogP contribution < -0.4 is 0 Å². The Morgan fingerprint density at radius 2 is 1.83 bits per heavy atom. The molecule has 0 aliphatic carbocycles. The molecule has 1 aromatic carbocycles. The Bertz CT molecular complexity index is 1020. The van der Waals surface area contributed by atoms with Crippen LogP contribution >= 0.6 is 0 Å². The number of aryl methyl sites for hydroxylation is 3. The number of aromatic nitrogens is 3. The average molecular weight is 392 g/mol. The topological polar surface area (TPSA) is 46.3 Å². The standard InChI is InChI=1S/C23H29N5O/c1-5-26-11-13-27(14-12-26)23(29)22-16-19(20-7-6-10-25(20)4)24-28(22)21-15-17(2)8-9-18(21)3/h6-10,15-16H,5,11-14H2,1-4H3. The molecular weight excluding hydrogens is 362 g/mol. The number of hydrogen-bond acceptors (Lipinski definition) is 3. The molecule has 1 aliphatic heterocycles. The molecule has 1 amide bonds. The van der Waals surface area contributed by atoms with Crippen molar-refractivity contribution in [3.8, 4) is 17.1 Å². The number of nitrogens with zero attached hydrogens (tertiary/aromatic N) is 5. The molecule has 0 radical (unpaired) electrons. The quantitative estimate of drug-likeness (QED) is 0.686. The normalized spacial score (nSPS) is 15.1. The minimum atomic E-state index is 0.0506. The van der Waals surface area contributed by atoms with Crippen molar-refractivity contribution in [1.29, 1.82) is 0 Å². The molecule has 0 N–H and O–H groups in total. The molecule has 0 atom stereocenters. The smallest absolute Gasteiger partial charge is 0.272 e. The van der Waals surface area contributed by atoms with Crippen molar-refractivity contribution in [1.82, 2.24) is 24.1 Å². The van der Waals surface area contributed by atoms with E-state index >= 15 is 0 Å². The third kappa shape index (κ3) is 3.72. The van der Waals surface area contributed by atoms with Gasteiger partial charge in [-0.15, -0.1) is 0 Å². The van der Waals surface area contributed by atoms with E-state index in [9.17, 15) is 4.79 Å². The van der Waals surface area contributed by atoms with E-state index in [2.05, 4.69) is 43.9 Å². The molecule has 152 valence electrons. The van der Waals surface area contributed by atoms with Gasteiger partial charge >= 0.3 is 0 Å². The molecule has 2 aromatic heterocycles. The minimum Gasteiger partial charge on any atom is -0.349 e. The van der Waals surface area contributed by atoms with Gasteiger partial charge in [-0.3, -0.25) is 4.79 Å². The molecule has 4 rings (SSSR count). The second-order valence-electron chi connectivity index (χ2n) is 7.85. The number of carbonyl (C=O) groups is 1. The molecule has 29 heavy (non-hydrogen) atoms. The Morgan fingerprint density at radius 1 is 1.07 bits per heavy atom. The first-order valence-electron chi connectivity index (χ1n) is 10.3. The van der Waals surface area contributed by atoms with Gasteiger partial charge in [0.25, 0.3) is 5.91 Å². The minimum absolute atomic E-state index is 0.0506. The lowest BCUT2D eigenvalue weighted by molar-refractivity contribution is 0.0634. The molecule has 3 aromatic rings. The predicted octanol–water partition coefficient (Wildman–Crippen LogP) is 3.27. The fourth-order valence-corrected chi connectivity index (χ4v) is 3.95. The Balaban J connectivity index is 1.77. The summed E-state index contributed by atoms with van der Waals surface area (Å²) >= 11 is 0. The highest BCUT2D eigenvalue weighted by molar-refractivity contribution is 5.94. The summed E-state index contributed by atoms with van der Waals surface area (Å²) < 4.78 is 3.86. The van der Waals surface area contributed by atoms with Crippen LogP contribution in [0.4, 0.5) is 0 Å². The van der Waals surface area contributed by atoms with Crippen molar-refractivity contribution in [3.63, 3.8) is 0 Å². The van der Waals surface area contributed by atoms with Crippen LogP contribution in [-0.4, -0.2) is 62.8 Å². The largest absolute Gasteiger partial charge is 0.349 e. The zero-order valence-corrected chi connectivity index (χ0v) is 17.7. The molecule has 0 unspecified atom stereocenters. The van der Waals surface area contributed by atoms with E-state index in [4.69, 9.17) is 5.10 Å². The van der Waals surface area contributed by atoms with Gasteiger partial charge in [-0.25, -0.2) is 4.68 Å². The summed E-state index contributed by atoms with van der Waals surface area (Å²) in [6.45, 7) is 10.7. The SMILES string of the molecule is CCN1CCN(C(=O)c2cc(-c3cccn3C)nn2-c2cc(C)ccc2C)CC1. The van der Waals surface area contributed by atoms with Crippen molar-refractivity contribution >= 4 is 5.91 Å². The van der Waals surface area contributed by atoms with Gasteiger partial charge in [-0.1, -0.05) is 19.1 Å². The summed E-state index contributed by atoms with van der Waals surface area (Å²) in [5.41, 5.74) is 5.65. The lowest BCUT2D eigenvalue weighted by atomic mass is 10.1. The van der Waals surface area contributed by atoms with E-state index in [1.165, 1.54) is 0 Å². The third-order valence-electron chi connectivity index (χ3n) is 5.83. The van der Waals surface area contributed by atoms with Gasteiger partial charge in [0.15, 0.2) is 0 Å². The van der Waals surface area contributed by atoms with Gasteiger partial charge in [0.2, 0.25) is 0 Å². The second-order valence-corrected chi connectivity index (χ2v) is 7.85. The molecule has 6 heteroatoms. The summed E-state index contributed by atoms with van der Waals surface area (Å²) in [4.78, 5) is 17.8. The first kappa shape index (κ1) is 19.5. The van der Waals surface area contributed by atoms with Gasteiger partial charge in [0, 0.05) is 39.4 Å². The lowest BCUT2D eigenvalue weighted by Gasteiger charge is -2.34. The highest BCUT2D eigenvalue weighted by Gasteiger charge is 2.26. The number of likely N-dealkylation sites (N-methyl/N-ethyl adjacent to an activating group) is 1. The van der Waals surface area contributed by atoms with Gasteiger partial charge in [-0.2, -0.15) is 5.10 Å². The highest BCUT2D eigenvalue weighted by atomic mass is 16.2. The fraction of sp³-hybridized carbons (Fsp3) is 0.391. The monoisotopic (exact) mass is 391 g/mol. The molecule has 1 aliphatic rings. The van der Waals surface area contributed by atoms with Gasteiger partial charge in [0.05, 0.1) is 11.4 Å². The van der Waals surface area contributed by atoms with Crippen molar-refractivity contribution in [2.75, 3.05) is 32.7 Å². The zero-order chi connectivity index (χ0) is 20.5. The second kappa shape index (κ2) is 7.87. The third-order valence-corrected chi connectivity index (χ3v) is 5.83. The molecule has 1 saturated heterocycles. The summed E-state index contributed by atoms with van der Waals surface area (Å²) in [6.07, 6.45) is 2.00. The van der Waals surface area contributed by atoms with E-state index in [1.54, 1.807) is 0 Å². The highest BCUT2D eigenvalue weighted by Crippen LogP contribution is 2.25. The number of hydrogen-bond donors (Lipinski definition) is 0. The average Bonchev–Trinajstić information content (AvgIpc) is 3.35. The van der Waals surface area contributed by atoms with Gasteiger partial charge in [0.1, 0.15) is 11.4 Å². The van der Waals surface area contributed by atoms with Crippen molar-refractivity contribution < 1.29 is 4.79 Å². The Hall–Kier alpha value is -2.86. The maximum atomic E-state index is 13.5. The maximum absolute atomic E-state index is 13.5. The lowest BCUT2D eigenvalue weighted by Crippen LogP contribution is -2.48. The van der Waals surface area contributed by atoms with E-state index < -0.39 is 0 Å². The molecule has 6 nitrogen and oxygen atoms in total. The van der Waals surface area contributed by atoms with Gasteiger partial charge < -0.3 is 14.4 Å². The molecule has 3 heterocycles. The summed E-state index contributed by atoms with van der Waals surface area (Å²) in [5.74, 6) is 0.0506. The van der Waals surface area contributed by atoms with E-state index in [0.29, 0.717) is 5.69 Å². The van der Waals surface area contributed by atoms with Crippen molar-refractivity contribution in [3.05, 3.63) is 59.4 Å². The van der Waals surface area contributed by atoms with Crippen LogP contribution in [0.25, 0.3) is 17.1 Å². The number of rotatable bonds is 4. The van der Waals surface area contributed by atoms with Crippen molar-refractivity contribution in [2.24, 2.45) is 7.05 Å². The van der Waals surface area contributed by atoms with Crippen LogP contribution in [0.15, 0.2) is 42.6 Å². The zero-order valence-electron chi connectivity index (χ0n) is 17.7. The molecule has 1 fully saturated rings. The number of amides is 1. The van der Waals surface area contributed by atoms with Crippen LogP contribution in [-0.2, 0) is 7.05 Å². The predicted molar refractivity (Wildman–Crippen MR) is 115 cm³/mol. The molecule has 0 bridgehead atoms. The van der Waals surface area contributed by atoms with Crippen LogP contribution in [0.5, 0.6) is 0 Å². The molecule has 0 saturated carbocycles. The molecule has 0 spiro atoms. The number of carbonyl (C=O) groups excluding carboxylic acids is 1. The summed E-state index contributed by atoms with van der Waals surface area (Å²) in [5, 5.41) is 4.87. The van der Waals surface area contributed by atoms with Gasteiger partial charge in [-0.05, 0) is 55.8 Å².